The summed E-state index contributed by atoms with van der Waals surface area (Å²) in [6, 6.07) is 18.1. The molecule has 0 spiro atoms. The Hall–Kier alpha value is -2.04. The molecule has 158 valence electrons. The van der Waals surface area contributed by atoms with Gasteiger partial charge in [-0.3, -0.25) is 0 Å². The average Bonchev–Trinajstić information content (AvgIpc) is 2.75. The predicted octanol–water partition coefficient (Wildman–Crippen LogP) is 2.04. The maximum atomic E-state index is 5.45. The minimum atomic E-state index is 0.272. The van der Waals surface area contributed by atoms with Crippen molar-refractivity contribution in [2.24, 2.45) is 5.92 Å². The molecular formula is C25H38N2O2+2. The molecule has 2 aromatic carbocycles. The van der Waals surface area contributed by atoms with E-state index in [0.29, 0.717) is 12.0 Å². The molecule has 1 aliphatic rings. The Bertz CT molecular complexity index is 780. The zero-order valence-electron chi connectivity index (χ0n) is 18.7. The molecule has 3 rings (SSSR count). The molecule has 1 heterocycles. The summed E-state index contributed by atoms with van der Waals surface area (Å²) in [6.45, 7) is 8.19. The van der Waals surface area contributed by atoms with Crippen molar-refractivity contribution in [1.82, 2.24) is 0 Å². The topological polar surface area (TPSA) is 39.5 Å². The van der Waals surface area contributed by atoms with E-state index < -0.39 is 0 Å². The molecule has 0 aliphatic carbocycles. The van der Waals surface area contributed by atoms with Crippen molar-refractivity contribution in [3.63, 3.8) is 0 Å². The lowest BCUT2D eigenvalue weighted by Crippen LogP contribution is -3.15. The second kappa shape index (κ2) is 9.64. The van der Waals surface area contributed by atoms with Gasteiger partial charge in [0.05, 0.1) is 40.4 Å². The largest absolute Gasteiger partial charge is 0.493 e. The van der Waals surface area contributed by atoms with Crippen LogP contribution in [0.15, 0.2) is 48.5 Å². The number of nitrogens with two attached hydrogens (primary N) is 1. The van der Waals surface area contributed by atoms with Crippen LogP contribution in [-0.2, 0) is 12.0 Å². The van der Waals surface area contributed by atoms with E-state index in [4.69, 9.17) is 9.47 Å². The van der Waals surface area contributed by atoms with Gasteiger partial charge in [-0.15, -0.1) is 0 Å². The van der Waals surface area contributed by atoms with Crippen LogP contribution in [0.4, 0.5) is 0 Å². The third kappa shape index (κ3) is 4.76. The quantitative estimate of drug-likeness (QED) is 0.668. The van der Waals surface area contributed by atoms with Crippen LogP contribution in [-0.4, -0.2) is 40.4 Å². The molecule has 0 amide bonds. The van der Waals surface area contributed by atoms with Gasteiger partial charge in [0.2, 0.25) is 0 Å². The molecule has 1 unspecified atom stereocenters. The molecule has 1 aliphatic heterocycles. The maximum Gasteiger partial charge on any atom is 0.161 e. The lowest BCUT2D eigenvalue weighted by molar-refractivity contribution is -0.915. The monoisotopic (exact) mass is 398 g/mol. The summed E-state index contributed by atoms with van der Waals surface area (Å²) in [5.41, 5.74) is 3.06. The van der Waals surface area contributed by atoms with Gasteiger partial charge < -0.3 is 19.7 Å². The van der Waals surface area contributed by atoms with Gasteiger partial charge in [0.15, 0.2) is 11.5 Å². The number of methoxy groups -OCH3 is 2. The summed E-state index contributed by atoms with van der Waals surface area (Å²) in [5, 5.41) is 2.44. The third-order valence-corrected chi connectivity index (χ3v) is 7.05. The first kappa shape index (κ1) is 21.7. The van der Waals surface area contributed by atoms with E-state index in [1.807, 2.05) is 6.07 Å². The standard InChI is InChI=1S/C25H36N2O2/c1-19-18-27(3)20(2)16-25(19,22-9-7-6-8-10-22)13-14-26-17-21-11-12-23(28-4)24(15-21)29-5/h6-12,15,19-20,26H,13-14,16-18H2,1-5H3/p+2/t19-,20-,25-/m1/s1. The number of quaternary nitrogens is 2. The van der Waals surface area contributed by atoms with Gasteiger partial charge in [-0.05, 0) is 30.7 Å². The van der Waals surface area contributed by atoms with Crippen LogP contribution >= 0.6 is 0 Å². The minimum Gasteiger partial charge on any atom is -0.493 e. The fraction of sp³-hybridized carbons (Fsp3) is 0.520. The van der Waals surface area contributed by atoms with Gasteiger partial charge in [-0.1, -0.05) is 37.3 Å². The van der Waals surface area contributed by atoms with E-state index in [0.717, 1.165) is 24.6 Å². The molecule has 1 saturated heterocycles. The summed E-state index contributed by atoms with van der Waals surface area (Å²) < 4.78 is 10.8. The Morgan fingerprint density at radius 1 is 1.03 bits per heavy atom. The average molecular weight is 399 g/mol. The first-order chi connectivity index (χ1) is 14.0. The molecular weight excluding hydrogens is 360 g/mol. The van der Waals surface area contributed by atoms with Crippen LogP contribution < -0.4 is 19.7 Å². The minimum absolute atomic E-state index is 0.272. The lowest BCUT2D eigenvalue weighted by Gasteiger charge is -2.47. The molecule has 0 saturated carbocycles. The van der Waals surface area contributed by atoms with E-state index in [2.05, 4.69) is 68.7 Å². The molecule has 0 bridgehead atoms. The van der Waals surface area contributed by atoms with Crippen LogP contribution in [0.5, 0.6) is 11.5 Å². The Morgan fingerprint density at radius 2 is 1.76 bits per heavy atom. The number of hydrogen-bond donors (Lipinski definition) is 2. The Labute approximate surface area is 176 Å². The summed E-state index contributed by atoms with van der Waals surface area (Å²) in [6.07, 6.45) is 2.47. The summed E-state index contributed by atoms with van der Waals surface area (Å²) in [5.74, 6) is 2.27. The van der Waals surface area contributed by atoms with Gasteiger partial charge >= 0.3 is 0 Å². The SMILES string of the molecule is COc1ccc(C[NH2+]CC[C@@]2(c3ccccc3)C[C@@H](C)[NH+](C)C[C@H]2C)cc1OC. The van der Waals surface area contributed by atoms with Crippen LogP contribution in [0.3, 0.4) is 0 Å². The Morgan fingerprint density at radius 3 is 2.45 bits per heavy atom. The number of ether oxygens (including phenoxy) is 2. The Balaban J connectivity index is 1.69. The van der Waals surface area contributed by atoms with Gasteiger partial charge in [-0.25, -0.2) is 0 Å². The molecule has 4 heteroatoms. The number of piperidine rings is 1. The molecule has 29 heavy (non-hydrogen) atoms. The second-order valence-electron chi connectivity index (χ2n) is 8.80. The van der Waals surface area contributed by atoms with E-state index in [1.165, 1.54) is 30.5 Å². The zero-order valence-corrected chi connectivity index (χ0v) is 18.7. The van der Waals surface area contributed by atoms with Crippen molar-refractivity contribution in [2.45, 2.75) is 44.7 Å². The number of likely N-dealkylation sites (tertiary alicyclic amines) is 1. The maximum absolute atomic E-state index is 5.45. The summed E-state index contributed by atoms with van der Waals surface area (Å²) >= 11 is 0. The molecule has 3 N–H and O–H groups in total. The van der Waals surface area contributed by atoms with E-state index in [1.54, 1.807) is 19.1 Å². The highest BCUT2D eigenvalue weighted by Crippen LogP contribution is 2.40. The first-order valence-electron chi connectivity index (χ1n) is 10.9. The van der Waals surface area contributed by atoms with Crippen LogP contribution in [0.25, 0.3) is 0 Å². The number of hydrogen-bond acceptors (Lipinski definition) is 2. The molecule has 0 aromatic heterocycles. The smallest absolute Gasteiger partial charge is 0.161 e. The van der Waals surface area contributed by atoms with E-state index in [-0.39, 0.29) is 5.41 Å². The van der Waals surface area contributed by atoms with Crippen molar-refractivity contribution < 1.29 is 19.7 Å². The van der Waals surface area contributed by atoms with E-state index >= 15 is 0 Å². The number of nitrogens with one attached hydrogen (secondary N) is 1. The fourth-order valence-corrected chi connectivity index (χ4v) is 5.10. The molecule has 0 radical (unpaired) electrons. The van der Waals surface area contributed by atoms with Crippen LogP contribution in [0.1, 0.15) is 37.8 Å². The molecule has 4 nitrogen and oxygen atoms in total. The van der Waals surface area contributed by atoms with Crippen molar-refractivity contribution >= 4 is 0 Å². The second-order valence-corrected chi connectivity index (χ2v) is 8.80. The third-order valence-electron chi connectivity index (χ3n) is 7.05. The van der Waals surface area contributed by atoms with Crippen LogP contribution in [0, 0.1) is 5.92 Å². The van der Waals surface area contributed by atoms with Crippen molar-refractivity contribution in [3.8, 4) is 11.5 Å². The highest BCUT2D eigenvalue weighted by atomic mass is 16.5. The van der Waals surface area contributed by atoms with Crippen molar-refractivity contribution in [1.29, 1.82) is 0 Å². The molecule has 1 fully saturated rings. The number of benzene rings is 2. The molecule has 4 atom stereocenters. The predicted molar refractivity (Wildman–Crippen MR) is 118 cm³/mol. The first-order valence-corrected chi connectivity index (χ1v) is 10.9. The van der Waals surface area contributed by atoms with Crippen molar-refractivity contribution in [3.05, 3.63) is 59.7 Å². The normalized spacial score (nSPS) is 26.9. The molecule has 2 aromatic rings. The summed E-state index contributed by atoms with van der Waals surface area (Å²) in [7, 11) is 5.72. The highest BCUT2D eigenvalue weighted by Gasteiger charge is 2.46. The van der Waals surface area contributed by atoms with Gasteiger partial charge in [-0.2, -0.15) is 0 Å². The highest BCUT2D eigenvalue weighted by molar-refractivity contribution is 5.42. The van der Waals surface area contributed by atoms with Crippen molar-refractivity contribution in [2.75, 3.05) is 34.4 Å². The van der Waals surface area contributed by atoms with Crippen LogP contribution in [0.2, 0.25) is 0 Å². The zero-order chi connectivity index (χ0) is 20.9. The fourth-order valence-electron chi connectivity index (χ4n) is 5.10. The van der Waals surface area contributed by atoms with Gasteiger partial charge in [0.25, 0.3) is 0 Å². The Kier molecular flexibility index (Phi) is 7.20. The lowest BCUT2D eigenvalue weighted by atomic mass is 9.63. The van der Waals surface area contributed by atoms with E-state index in [9.17, 15) is 0 Å². The van der Waals surface area contributed by atoms with Gasteiger partial charge in [0, 0.05) is 29.7 Å². The van der Waals surface area contributed by atoms with Gasteiger partial charge in [0.1, 0.15) is 6.54 Å². The number of rotatable bonds is 8. The summed E-state index contributed by atoms with van der Waals surface area (Å²) in [4.78, 5) is 1.67.